The van der Waals surface area contributed by atoms with Crippen LogP contribution in [0.2, 0.25) is 0 Å². The minimum absolute atomic E-state index is 0.252. The third kappa shape index (κ3) is 2.39. The summed E-state index contributed by atoms with van der Waals surface area (Å²) in [5, 5.41) is 10.1. The number of hydrogen-bond donors (Lipinski definition) is 1. The van der Waals surface area contributed by atoms with E-state index >= 15 is 0 Å². The van der Waals surface area contributed by atoms with Gasteiger partial charge >= 0.3 is 0 Å². The second kappa shape index (κ2) is 5.05. The molecule has 1 saturated carbocycles. The van der Waals surface area contributed by atoms with Crippen molar-refractivity contribution in [3.8, 4) is 0 Å². The molecule has 0 radical (unpaired) electrons. The standard InChI is InChI=1S/C19H25NO3/c1-17(22)11-18(23-14-17)12-20(13-18)16(21)19(9-5-6-10-19)15-7-3-2-4-8-15/h2-4,7-8,22H,5-6,9-14H2,1H3/t17-/m0/s1. The summed E-state index contributed by atoms with van der Waals surface area (Å²) in [5.74, 6) is 0.252. The van der Waals surface area contributed by atoms with Crippen LogP contribution in [0.15, 0.2) is 30.3 Å². The lowest BCUT2D eigenvalue weighted by Crippen LogP contribution is -2.66. The van der Waals surface area contributed by atoms with E-state index in [0.29, 0.717) is 26.1 Å². The number of hydrogen-bond acceptors (Lipinski definition) is 3. The van der Waals surface area contributed by atoms with Crippen molar-refractivity contribution in [3.05, 3.63) is 35.9 Å². The van der Waals surface area contributed by atoms with Gasteiger partial charge in [-0.15, -0.1) is 0 Å². The van der Waals surface area contributed by atoms with Crippen LogP contribution in [0.25, 0.3) is 0 Å². The molecule has 23 heavy (non-hydrogen) atoms. The normalized spacial score (nSPS) is 31.3. The van der Waals surface area contributed by atoms with Crippen molar-refractivity contribution in [1.82, 2.24) is 4.90 Å². The highest BCUT2D eigenvalue weighted by molar-refractivity contribution is 5.89. The van der Waals surface area contributed by atoms with Crippen LogP contribution in [0, 0.1) is 0 Å². The first kappa shape index (κ1) is 15.2. The number of likely N-dealkylation sites (tertiary alicyclic amines) is 1. The van der Waals surface area contributed by atoms with Gasteiger partial charge in [0.2, 0.25) is 5.91 Å². The third-order valence-corrected chi connectivity index (χ3v) is 5.83. The van der Waals surface area contributed by atoms with Gasteiger partial charge in [-0.3, -0.25) is 4.79 Å². The highest BCUT2D eigenvalue weighted by Gasteiger charge is 2.57. The fourth-order valence-corrected chi connectivity index (χ4v) is 4.77. The van der Waals surface area contributed by atoms with Crippen molar-refractivity contribution in [2.24, 2.45) is 0 Å². The SMILES string of the molecule is C[C@@]1(O)COC2(CN(C(=O)C3(c4ccccc4)CCCC3)C2)C1. The van der Waals surface area contributed by atoms with Gasteiger partial charge in [0.05, 0.1) is 30.7 Å². The topological polar surface area (TPSA) is 49.8 Å². The maximum atomic E-state index is 13.3. The largest absolute Gasteiger partial charge is 0.388 e. The number of amides is 1. The van der Waals surface area contributed by atoms with E-state index in [1.165, 1.54) is 0 Å². The lowest BCUT2D eigenvalue weighted by atomic mass is 9.75. The zero-order valence-corrected chi connectivity index (χ0v) is 13.8. The molecule has 1 aliphatic carbocycles. The maximum absolute atomic E-state index is 13.3. The van der Waals surface area contributed by atoms with Crippen LogP contribution in [0.1, 0.15) is 44.6 Å². The Balaban J connectivity index is 1.53. The molecule has 4 rings (SSSR count). The molecule has 1 spiro atoms. The van der Waals surface area contributed by atoms with Gasteiger partial charge < -0.3 is 14.7 Å². The Bertz CT molecular complexity index is 598. The maximum Gasteiger partial charge on any atom is 0.233 e. The lowest BCUT2D eigenvalue weighted by molar-refractivity contribution is -0.163. The fourth-order valence-electron chi connectivity index (χ4n) is 4.77. The first-order valence-electron chi connectivity index (χ1n) is 8.66. The van der Waals surface area contributed by atoms with Gasteiger partial charge in [0.25, 0.3) is 0 Å². The van der Waals surface area contributed by atoms with Gasteiger partial charge in [0, 0.05) is 6.42 Å². The molecule has 1 aromatic carbocycles. The summed E-state index contributed by atoms with van der Waals surface area (Å²) in [6.45, 7) is 3.43. The van der Waals surface area contributed by atoms with E-state index in [0.717, 1.165) is 31.2 Å². The number of aliphatic hydroxyl groups is 1. The minimum atomic E-state index is -0.750. The second-order valence-corrected chi connectivity index (χ2v) is 7.96. The van der Waals surface area contributed by atoms with Gasteiger partial charge in [-0.05, 0) is 25.3 Å². The quantitative estimate of drug-likeness (QED) is 0.911. The highest BCUT2D eigenvalue weighted by atomic mass is 16.5. The van der Waals surface area contributed by atoms with Gasteiger partial charge in [0.1, 0.15) is 5.60 Å². The summed E-state index contributed by atoms with van der Waals surface area (Å²) in [6, 6.07) is 10.2. The molecule has 3 aliphatic rings. The Hall–Kier alpha value is -1.39. The van der Waals surface area contributed by atoms with Crippen molar-refractivity contribution in [2.45, 2.75) is 55.6 Å². The number of rotatable bonds is 2. The van der Waals surface area contributed by atoms with E-state index in [4.69, 9.17) is 4.74 Å². The van der Waals surface area contributed by atoms with Gasteiger partial charge in [-0.1, -0.05) is 43.2 Å². The van der Waals surface area contributed by atoms with Crippen LogP contribution < -0.4 is 0 Å². The highest BCUT2D eigenvalue weighted by Crippen LogP contribution is 2.46. The third-order valence-electron chi connectivity index (χ3n) is 5.83. The molecular weight excluding hydrogens is 290 g/mol. The van der Waals surface area contributed by atoms with E-state index < -0.39 is 5.60 Å². The molecule has 0 unspecified atom stereocenters. The Morgan fingerprint density at radius 1 is 1.17 bits per heavy atom. The second-order valence-electron chi connectivity index (χ2n) is 7.96. The van der Waals surface area contributed by atoms with E-state index in [9.17, 15) is 9.90 Å². The molecule has 124 valence electrons. The summed E-state index contributed by atoms with van der Waals surface area (Å²) in [7, 11) is 0. The van der Waals surface area contributed by atoms with Crippen LogP contribution in [-0.4, -0.2) is 46.8 Å². The molecule has 0 bridgehead atoms. The Morgan fingerprint density at radius 2 is 1.83 bits per heavy atom. The van der Waals surface area contributed by atoms with Gasteiger partial charge in [0.15, 0.2) is 0 Å². The van der Waals surface area contributed by atoms with Crippen LogP contribution in [0.4, 0.5) is 0 Å². The zero-order chi connectivity index (χ0) is 16.1. The fraction of sp³-hybridized carbons (Fsp3) is 0.632. The van der Waals surface area contributed by atoms with Crippen LogP contribution >= 0.6 is 0 Å². The van der Waals surface area contributed by atoms with Crippen molar-refractivity contribution in [1.29, 1.82) is 0 Å². The molecule has 4 heteroatoms. The van der Waals surface area contributed by atoms with Crippen molar-refractivity contribution in [2.75, 3.05) is 19.7 Å². The monoisotopic (exact) mass is 315 g/mol. The first-order valence-corrected chi connectivity index (χ1v) is 8.66. The Labute approximate surface area is 137 Å². The van der Waals surface area contributed by atoms with Crippen LogP contribution in [0.5, 0.6) is 0 Å². The molecule has 2 heterocycles. The van der Waals surface area contributed by atoms with E-state index in [1.54, 1.807) is 0 Å². The van der Waals surface area contributed by atoms with Crippen molar-refractivity contribution >= 4 is 5.91 Å². The Kier molecular flexibility index (Phi) is 3.33. The molecule has 1 aromatic rings. The summed E-state index contributed by atoms with van der Waals surface area (Å²) in [5.41, 5.74) is -0.248. The summed E-state index contributed by atoms with van der Waals surface area (Å²) >= 11 is 0. The van der Waals surface area contributed by atoms with E-state index in [-0.39, 0.29) is 16.9 Å². The smallest absolute Gasteiger partial charge is 0.233 e. The van der Waals surface area contributed by atoms with Crippen LogP contribution in [-0.2, 0) is 14.9 Å². The average molecular weight is 315 g/mol. The summed E-state index contributed by atoms with van der Waals surface area (Å²) < 4.78 is 5.83. The van der Waals surface area contributed by atoms with Gasteiger partial charge in [-0.2, -0.15) is 0 Å². The van der Waals surface area contributed by atoms with Crippen molar-refractivity contribution < 1.29 is 14.6 Å². The molecular formula is C19H25NO3. The molecule has 0 aromatic heterocycles. The number of nitrogens with zero attached hydrogens (tertiary/aromatic N) is 1. The molecule has 2 saturated heterocycles. The number of ether oxygens (including phenoxy) is 1. The molecule has 1 N–H and O–H groups in total. The number of benzene rings is 1. The number of carbonyl (C=O) groups is 1. The lowest BCUT2D eigenvalue weighted by Gasteiger charge is -2.50. The summed E-state index contributed by atoms with van der Waals surface area (Å²) in [4.78, 5) is 15.2. The van der Waals surface area contributed by atoms with Gasteiger partial charge in [-0.25, -0.2) is 0 Å². The molecule has 4 nitrogen and oxygen atoms in total. The predicted molar refractivity (Wildman–Crippen MR) is 87.1 cm³/mol. The molecule has 1 amide bonds. The van der Waals surface area contributed by atoms with E-state index in [1.807, 2.05) is 30.0 Å². The van der Waals surface area contributed by atoms with Crippen LogP contribution in [0.3, 0.4) is 0 Å². The zero-order valence-electron chi connectivity index (χ0n) is 13.8. The first-order chi connectivity index (χ1) is 10.9. The minimum Gasteiger partial charge on any atom is -0.388 e. The Morgan fingerprint density at radius 3 is 2.39 bits per heavy atom. The van der Waals surface area contributed by atoms with E-state index in [2.05, 4.69) is 12.1 Å². The predicted octanol–water partition coefficient (Wildman–Crippen LogP) is 2.25. The molecule has 3 fully saturated rings. The molecule has 2 aliphatic heterocycles. The average Bonchev–Trinajstić information content (AvgIpc) is 3.11. The molecule has 1 atom stereocenters. The number of carbonyl (C=O) groups excluding carboxylic acids is 1. The summed E-state index contributed by atoms with van der Waals surface area (Å²) in [6.07, 6.45) is 4.74. The van der Waals surface area contributed by atoms with Crippen molar-refractivity contribution in [3.63, 3.8) is 0 Å².